The number of carboxylic acid groups (broad SMARTS) is 1. The molecule has 1 aliphatic carbocycles. The first-order chi connectivity index (χ1) is 12.8. The van der Waals surface area contributed by atoms with Crippen molar-refractivity contribution in [2.24, 2.45) is 5.16 Å². The lowest BCUT2D eigenvalue weighted by atomic mass is 9.72. The van der Waals surface area contributed by atoms with Crippen LogP contribution in [0.3, 0.4) is 0 Å². The standard InChI is InChI=1S/C22H22FNO3/c1-22(2)11-3-4-14-5-7-16(12-18(14)22)20(24-27)10-9-15-6-8-17(21(25)26)13-19(15)23/h5-10,12-13,27H,3-4,11H2,1-2H3,(H,25,26)/b10-9+,24-20+. The molecule has 0 heterocycles. The molecule has 0 amide bonds. The Morgan fingerprint density at radius 3 is 2.59 bits per heavy atom. The van der Waals surface area contributed by atoms with Crippen molar-refractivity contribution in [2.75, 3.05) is 0 Å². The Morgan fingerprint density at radius 1 is 1.19 bits per heavy atom. The number of allylic oxidation sites excluding steroid dienone is 1. The number of nitrogens with zero attached hydrogens (tertiary/aromatic N) is 1. The summed E-state index contributed by atoms with van der Waals surface area (Å²) in [6.07, 6.45) is 6.30. The number of fused-ring (bicyclic) bond motifs is 1. The quantitative estimate of drug-likeness (QED) is 0.452. The van der Waals surface area contributed by atoms with E-state index in [1.807, 2.05) is 12.1 Å². The minimum absolute atomic E-state index is 0.0621. The van der Waals surface area contributed by atoms with Crippen molar-refractivity contribution in [3.63, 3.8) is 0 Å². The smallest absolute Gasteiger partial charge is 0.335 e. The van der Waals surface area contributed by atoms with Gasteiger partial charge < -0.3 is 10.3 Å². The predicted molar refractivity (Wildman–Crippen MR) is 103 cm³/mol. The van der Waals surface area contributed by atoms with Gasteiger partial charge in [0.1, 0.15) is 11.5 Å². The highest BCUT2D eigenvalue weighted by Gasteiger charge is 2.27. The van der Waals surface area contributed by atoms with Crippen LogP contribution >= 0.6 is 0 Å². The fourth-order valence-corrected chi connectivity index (χ4v) is 3.59. The third-order valence-corrected chi connectivity index (χ3v) is 5.16. The highest BCUT2D eigenvalue weighted by Crippen LogP contribution is 2.37. The van der Waals surface area contributed by atoms with E-state index in [4.69, 9.17) is 5.11 Å². The van der Waals surface area contributed by atoms with Gasteiger partial charge in [-0.2, -0.15) is 0 Å². The average Bonchev–Trinajstić information content (AvgIpc) is 2.63. The molecule has 1 aliphatic rings. The number of halogens is 1. The maximum atomic E-state index is 14.1. The Kier molecular flexibility index (Phi) is 5.13. The van der Waals surface area contributed by atoms with Gasteiger partial charge in [-0.25, -0.2) is 9.18 Å². The Morgan fingerprint density at radius 2 is 1.93 bits per heavy atom. The monoisotopic (exact) mass is 367 g/mol. The van der Waals surface area contributed by atoms with Gasteiger partial charge in [-0.15, -0.1) is 0 Å². The number of benzene rings is 2. The SMILES string of the molecule is CC1(C)CCCc2ccc(C(/C=C/c3ccc(C(=O)O)cc3F)=N/O)cc21. The van der Waals surface area contributed by atoms with E-state index in [0.29, 0.717) is 5.71 Å². The van der Waals surface area contributed by atoms with Crippen molar-refractivity contribution in [1.82, 2.24) is 0 Å². The van der Waals surface area contributed by atoms with Gasteiger partial charge in [-0.05, 0) is 66.2 Å². The van der Waals surface area contributed by atoms with Gasteiger partial charge in [0.15, 0.2) is 0 Å². The number of carbonyl (C=O) groups is 1. The van der Waals surface area contributed by atoms with Crippen LogP contribution < -0.4 is 0 Å². The molecule has 2 aromatic rings. The normalized spacial score (nSPS) is 16.3. The lowest BCUT2D eigenvalue weighted by molar-refractivity contribution is 0.0696. The van der Waals surface area contributed by atoms with Gasteiger partial charge in [0.05, 0.1) is 5.56 Å². The van der Waals surface area contributed by atoms with E-state index >= 15 is 0 Å². The fraction of sp³-hybridized carbons (Fsp3) is 0.273. The lowest BCUT2D eigenvalue weighted by Gasteiger charge is -2.33. The van der Waals surface area contributed by atoms with E-state index in [0.717, 1.165) is 30.9 Å². The van der Waals surface area contributed by atoms with Gasteiger partial charge in [-0.3, -0.25) is 0 Å². The number of carboxylic acids is 1. The third-order valence-electron chi connectivity index (χ3n) is 5.16. The van der Waals surface area contributed by atoms with Crippen molar-refractivity contribution in [1.29, 1.82) is 0 Å². The molecule has 140 valence electrons. The lowest BCUT2D eigenvalue weighted by Crippen LogP contribution is -2.24. The molecular weight excluding hydrogens is 345 g/mol. The molecule has 0 spiro atoms. The molecule has 0 atom stereocenters. The Bertz CT molecular complexity index is 945. The number of rotatable bonds is 4. The second-order valence-corrected chi connectivity index (χ2v) is 7.47. The van der Waals surface area contributed by atoms with Crippen LogP contribution in [0.2, 0.25) is 0 Å². The number of aryl methyl sites for hydroxylation is 1. The fourth-order valence-electron chi connectivity index (χ4n) is 3.59. The molecule has 0 fully saturated rings. The van der Waals surface area contributed by atoms with Crippen LogP contribution in [-0.4, -0.2) is 22.0 Å². The molecule has 3 rings (SSSR count). The molecule has 2 N–H and O–H groups in total. The topological polar surface area (TPSA) is 69.9 Å². The van der Waals surface area contributed by atoms with Gasteiger partial charge >= 0.3 is 5.97 Å². The summed E-state index contributed by atoms with van der Waals surface area (Å²) in [5.41, 5.74) is 3.81. The van der Waals surface area contributed by atoms with Crippen LogP contribution in [0.1, 0.15) is 59.3 Å². The van der Waals surface area contributed by atoms with Crippen molar-refractivity contribution < 1.29 is 19.5 Å². The first-order valence-corrected chi connectivity index (χ1v) is 8.88. The zero-order valence-electron chi connectivity index (χ0n) is 15.4. The van der Waals surface area contributed by atoms with E-state index in [1.54, 1.807) is 0 Å². The maximum Gasteiger partial charge on any atom is 0.335 e. The second kappa shape index (κ2) is 7.35. The third kappa shape index (κ3) is 3.92. The Hall–Kier alpha value is -2.95. The molecule has 27 heavy (non-hydrogen) atoms. The van der Waals surface area contributed by atoms with Gasteiger partial charge in [0.25, 0.3) is 0 Å². The summed E-state index contributed by atoms with van der Waals surface area (Å²) in [4.78, 5) is 10.9. The highest BCUT2D eigenvalue weighted by molar-refractivity contribution is 6.10. The number of aromatic carboxylic acids is 1. The molecule has 0 bridgehead atoms. The largest absolute Gasteiger partial charge is 0.478 e. The first kappa shape index (κ1) is 18.8. The number of oxime groups is 1. The van der Waals surface area contributed by atoms with Crippen LogP contribution in [0.15, 0.2) is 47.6 Å². The molecule has 0 aliphatic heterocycles. The summed E-state index contributed by atoms with van der Waals surface area (Å²) < 4.78 is 14.1. The molecule has 0 saturated heterocycles. The Balaban J connectivity index is 1.91. The van der Waals surface area contributed by atoms with Crippen LogP contribution in [0.25, 0.3) is 6.08 Å². The maximum absolute atomic E-state index is 14.1. The molecule has 2 aromatic carbocycles. The van der Waals surface area contributed by atoms with E-state index in [1.165, 1.54) is 35.4 Å². The van der Waals surface area contributed by atoms with Crippen molar-refractivity contribution in [3.8, 4) is 0 Å². The summed E-state index contributed by atoms with van der Waals surface area (Å²) in [6.45, 7) is 4.42. The van der Waals surface area contributed by atoms with E-state index < -0.39 is 11.8 Å². The minimum Gasteiger partial charge on any atom is -0.478 e. The average molecular weight is 367 g/mol. The van der Waals surface area contributed by atoms with Crippen molar-refractivity contribution in [2.45, 2.75) is 38.5 Å². The highest BCUT2D eigenvalue weighted by atomic mass is 19.1. The van der Waals surface area contributed by atoms with Gasteiger partial charge in [0, 0.05) is 11.1 Å². The molecule has 0 saturated carbocycles. The van der Waals surface area contributed by atoms with Crippen molar-refractivity contribution >= 4 is 17.8 Å². The van der Waals surface area contributed by atoms with Crippen LogP contribution in [-0.2, 0) is 11.8 Å². The van der Waals surface area contributed by atoms with Crippen LogP contribution in [0, 0.1) is 5.82 Å². The summed E-state index contributed by atoms with van der Waals surface area (Å²) in [5, 5.41) is 21.7. The molecule has 0 radical (unpaired) electrons. The van der Waals surface area contributed by atoms with Crippen LogP contribution in [0.5, 0.6) is 0 Å². The molecule has 4 nitrogen and oxygen atoms in total. The molecule has 0 unspecified atom stereocenters. The van der Waals surface area contributed by atoms with Gasteiger partial charge in [-0.1, -0.05) is 37.2 Å². The number of hydrogen-bond acceptors (Lipinski definition) is 3. The van der Waals surface area contributed by atoms with E-state index in [9.17, 15) is 14.4 Å². The van der Waals surface area contributed by atoms with Gasteiger partial charge in [0.2, 0.25) is 0 Å². The summed E-state index contributed by atoms with van der Waals surface area (Å²) in [7, 11) is 0. The molecular formula is C22H22FNO3. The zero-order chi connectivity index (χ0) is 19.6. The first-order valence-electron chi connectivity index (χ1n) is 8.88. The number of hydrogen-bond donors (Lipinski definition) is 2. The van der Waals surface area contributed by atoms with Crippen molar-refractivity contribution in [3.05, 3.63) is 76.1 Å². The zero-order valence-corrected chi connectivity index (χ0v) is 15.4. The van der Waals surface area contributed by atoms with E-state index in [2.05, 4.69) is 25.1 Å². The summed E-state index contributed by atoms with van der Waals surface area (Å²) >= 11 is 0. The summed E-state index contributed by atoms with van der Waals surface area (Å²) in [6, 6.07) is 9.70. The minimum atomic E-state index is -1.18. The Labute approximate surface area is 157 Å². The second-order valence-electron chi connectivity index (χ2n) is 7.47. The molecule has 0 aromatic heterocycles. The summed E-state index contributed by atoms with van der Waals surface area (Å²) in [5.74, 6) is -1.83. The molecule has 5 heteroatoms. The van der Waals surface area contributed by atoms with E-state index in [-0.39, 0.29) is 16.5 Å². The predicted octanol–water partition coefficient (Wildman–Crippen LogP) is 5.03. The van der Waals surface area contributed by atoms with Crippen LogP contribution in [0.4, 0.5) is 4.39 Å².